The molecule has 0 unspecified atom stereocenters. The molecule has 0 radical (unpaired) electrons. The van der Waals surface area contributed by atoms with E-state index < -0.39 is 5.60 Å². The molecule has 0 heterocycles. The van der Waals surface area contributed by atoms with E-state index in [0.717, 1.165) is 0 Å². The first-order valence-electron chi connectivity index (χ1n) is 3.06. The first-order chi connectivity index (χ1) is 4.12. The fourth-order valence-corrected chi connectivity index (χ4v) is 0.705. The van der Waals surface area contributed by atoms with Gasteiger partial charge < -0.3 is 11.3 Å². The summed E-state index contributed by atoms with van der Waals surface area (Å²) in [6, 6.07) is 0. The topological polar surface area (TPSA) is 55.2 Å². The molecule has 4 N–H and O–H groups in total. The second-order valence-electron chi connectivity index (χ2n) is 2.48. The van der Waals surface area contributed by atoms with Crippen LogP contribution >= 0.6 is 0 Å². The summed E-state index contributed by atoms with van der Waals surface area (Å²) < 4.78 is 0. The molecular weight excluding hydrogens is 126 g/mol. The van der Waals surface area contributed by atoms with Crippen LogP contribution in [0.15, 0.2) is 25.3 Å². The van der Waals surface area contributed by atoms with E-state index in [0.29, 0.717) is 12.8 Å². The molecular formula is C8H17NO. The molecule has 0 rings (SSSR count). The van der Waals surface area contributed by atoms with Gasteiger partial charge in [-0.1, -0.05) is 12.2 Å². The summed E-state index contributed by atoms with van der Waals surface area (Å²) in [6.45, 7) is 8.84. The molecule has 0 aliphatic rings. The van der Waals surface area contributed by atoms with Crippen LogP contribution in [-0.4, -0.2) is 10.7 Å². The van der Waals surface area contributed by atoms with Gasteiger partial charge in [0.15, 0.2) is 0 Å². The average molecular weight is 143 g/mol. The summed E-state index contributed by atoms with van der Waals surface area (Å²) in [5.74, 6) is 0. The van der Waals surface area contributed by atoms with Crippen LogP contribution < -0.4 is 6.15 Å². The normalized spacial score (nSPS) is 9.80. The summed E-state index contributed by atoms with van der Waals surface area (Å²) >= 11 is 0. The molecule has 0 aromatic heterocycles. The van der Waals surface area contributed by atoms with Crippen molar-refractivity contribution in [2.75, 3.05) is 0 Å². The van der Waals surface area contributed by atoms with Crippen LogP contribution in [0.5, 0.6) is 0 Å². The van der Waals surface area contributed by atoms with E-state index in [2.05, 4.69) is 13.2 Å². The van der Waals surface area contributed by atoms with Crippen LogP contribution in [-0.2, 0) is 0 Å². The van der Waals surface area contributed by atoms with E-state index in [9.17, 15) is 5.11 Å². The van der Waals surface area contributed by atoms with E-state index in [-0.39, 0.29) is 6.15 Å². The van der Waals surface area contributed by atoms with Gasteiger partial charge >= 0.3 is 0 Å². The van der Waals surface area contributed by atoms with Crippen molar-refractivity contribution in [2.45, 2.75) is 25.4 Å². The van der Waals surface area contributed by atoms with Crippen molar-refractivity contribution in [2.24, 2.45) is 0 Å². The van der Waals surface area contributed by atoms with Gasteiger partial charge in [-0.3, -0.25) is 0 Å². The van der Waals surface area contributed by atoms with Crippen LogP contribution in [0.3, 0.4) is 0 Å². The number of rotatable bonds is 4. The zero-order valence-electron chi connectivity index (χ0n) is 6.64. The van der Waals surface area contributed by atoms with E-state index >= 15 is 0 Å². The molecule has 0 saturated heterocycles. The Kier molecular flexibility index (Phi) is 6.31. The van der Waals surface area contributed by atoms with E-state index in [1.807, 2.05) is 0 Å². The smallest absolute Gasteiger partial charge is 0.0688 e. The second kappa shape index (κ2) is 5.21. The minimum absolute atomic E-state index is 0. The lowest BCUT2D eigenvalue weighted by Crippen LogP contribution is -2.21. The second-order valence-corrected chi connectivity index (χ2v) is 2.48. The molecule has 0 aromatic carbocycles. The Bertz CT molecular complexity index is 95.8. The first kappa shape index (κ1) is 12.1. The predicted molar refractivity (Wildman–Crippen MR) is 45.3 cm³/mol. The Balaban J connectivity index is 0. The maximum Gasteiger partial charge on any atom is 0.0688 e. The Morgan fingerprint density at radius 1 is 1.30 bits per heavy atom. The number of hydrogen-bond acceptors (Lipinski definition) is 2. The molecule has 0 aromatic rings. The molecule has 10 heavy (non-hydrogen) atoms. The van der Waals surface area contributed by atoms with Gasteiger partial charge in [0.25, 0.3) is 0 Å². The molecule has 60 valence electrons. The molecule has 0 bridgehead atoms. The van der Waals surface area contributed by atoms with Gasteiger partial charge in [0, 0.05) is 0 Å². The minimum Gasteiger partial charge on any atom is -0.390 e. The molecule has 0 fully saturated rings. The standard InChI is InChI=1S/C8H14O.H3N/c1-4-6-8(3,9)7-5-2;/h4-5,9H,1-2,6-7H2,3H3;1H3. The van der Waals surface area contributed by atoms with Crippen LogP contribution in [0.2, 0.25) is 0 Å². The predicted octanol–water partition coefficient (Wildman–Crippen LogP) is 2.05. The zero-order valence-corrected chi connectivity index (χ0v) is 6.64. The fourth-order valence-electron chi connectivity index (χ4n) is 0.705. The Morgan fingerprint density at radius 2 is 1.60 bits per heavy atom. The summed E-state index contributed by atoms with van der Waals surface area (Å²) in [7, 11) is 0. The SMILES string of the molecule is C=CCC(C)(O)CC=C.N. The summed E-state index contributed by atoms with van der Waals surface area (Å²) in [6.07, 6.45) is 4.67. The van der Waals surface area contributed by atoms with Gasteiger partial charge in [-0.15, -0.1) is 13.2 Å². The average Bonchev–Trinajstić information content (AvgIpc) is 1.64. The summed E-state index contributed by atoms with van der Waals surface area (Å²) in [4.78, 5) is 0. The molecule has 0 aliphatic carbocycles. The minimum atomic E-state index is -0.635. The Labute approximate surface area is 62.8 Å². The third-order valence-corrected chi connectivity index (χ3v) is 1.17. The van der Waals surface area contributed by atoms with Crippen molar-refractivity contribution >= 4 is 0 Å². The molecule has 0 spiro atoms. The van der Waals surface area contributed by atoms with Crippen molar-refractivity contribution in [3.05, 3.63) is 25.3 Å². The summed E-state index contributed by atoms with van der Waals surface area (Å²) in [5, 5.41) is 9.37. The summed E-state index contributed by atoms with van der Waals surface area (Å²) in [5.41, 5.74) is -0.635. The highest BCUT2D eigenvalue weighted by Gasteiger charge is 2.14. The quantitative estimate of drug-likeness (QED) is 0.592. The highest BCUT2D eigenvalue weighted by molar-refractivity contribution is 4.88. The van der Waals surface area contributed by atoms with Crippen LogP contribution in [0, 0.1) is 0 Å². The first-order valence-corrected chi connectivity index (χ1v) is 3.06. The lowest BCUT2D eigenvalue weighted by molar-refractivity contribution is 0.0667. The maximum atomic E-state index is 9.37. The van der Waals surface area contributed by atoms with Crippen molar-refractivity contribution in [1.29, 1.82) is 0 Å². The van der Waals surface area contributed by atoms with Gasteiger partial charge in [-0.25, -0.2) is 0 Å². The Hall–Kier alpha value is -0.600. The van der Waals surface area contributed by atoms with Gasteiger partial charge in [0.05, 0.1) is 5.60 Å². The molecule has 0 aliphatic heterocycles. The van der Waals surface area contributed by atoms with Gasteiger partial charge in [0.2, 0.25) is 0 Å². The highest BCUT2D eigenvalue weighted by atomic mass is 16.3. The highest BCUT2D eigenvalue weighted by Crippen LogP contribution is 2.14. The van der Waals surface area contributed by atoms with E-state index in [1.165, 1.54) is 0 Å². The van der Waals surface area contributed by atoms with E-state index in [1.54, 1.807) is 19.1 Å². The van der Waals surface area contributed by atoms with Crippen LogP contribution in [0.1, 0.15) is 19.8 Å². The lowest BCUT2D eigenvalue weighted by Gasteiger charge is -2.18. The largest absolute Gasteiger partial charge is 0.390 e. The van der Waals surface area contributed by atoms with Gasteiger partial charge in [0.1, 0.15) is 0 Å². The van der Waals surface area contributed by atoms with Crippen molar-refractivity contribution < 1.29 is 5.11 Å². The molecule has 2 heteroatoms. The number of aliphatic hydroxyl groups is 1. The fraction of sp³-hybridized carbons (Fsp3) is 0.500. The third-order valence-electron chi connectivity index (χ3n) is 1.17. The molecule has 0 atom stereocenters. The van der Waals surface area contributed by atoms with Crippen molar-refractivity contribution in [3.63, 3.8) is 0 Å². The van der Waals surface area contributed by atoms with Crippen LogP contribution in [0.4, 0.5) is 0 Å². The monoisotopic (exact) mass is 143 g/mol. The Morgan fingerprint density at radius 3 is 1.80 bits per heavy atom. The van der Waals surface area contributed by atoms with E-state index in [4.69, 9.17) is 0 Å². The lowest BCUT2D eigenvalue weighted by atomic mass is 9.99. The molecule has 0 amide bonds. The zero-order chi connectivity index (χ0) is 7.33. The van der Waals surface area contributed by atoms with Gasteiger partial charge in [-0.2, -0.15) is 0 Å². The third kappa shape index (κ3) is 5.54. The van der Waals surface area contributed by atoms with Crippen molar-refractivity contribution in [1.82, 2.24) is 6.15 Å². The van der Waals surface area contributed by atoms with Gasteiger partial charge in [-0.05, 0) is 19.8 Å². The number of hydrogen-bond donors (Lipinski definition) is 2. The molecule has 2 nitrogen and oxygen atoms in total. The maximum absolute atomic E-state index is 9.37. The molecule has 0 saturated carbocycles. The van der Waals surface area contributed by atoms with Crippen molar-refractivity contribution in [3.8, 4) is 0 Å². The van der Waals surface area contributed by atoms with Crippen LogP contribution in [0.25, 0.3) is 0 Å².